The normalized spacial score (nSPS) is 12.4. The first-order valence-corrected chi connectivity index (χ1v) is 8.14. The van der Waals surface area contributed by atoms with Crippen LogP contribution in [-0.4, -0.2) is 41.7 Å². The monoisotopic (exact) mass is 314 g/mol. The Balaban J connectivity index is 2.53. The minimum Gasteiger partial charge on any atom is -0.383 e. The lowest BCUT2D eigenvalue weighted by Crippen LogP contribution is -2.34. The second kappa shape index (κ2) is 8.60. The Labute approximate surface area is 125 Å². The van der Waals surface area contributed by atoms with Crippen molar-refractivity contribution in [2.45, 2.75) is 12.3 Å². The van der Waals surface area contributed by atoms with Gasteiger partial charge in [-0.05, 0) is 18.2 Å². The summed E-state index contributed by atoms with van der Waals surface area (Å²) >= 11 is 0. The summed E-state index contributed by atoms with van der Waals surface area (Å²) in [6, 6.07) is 7.22. The molecule has 0 spiro atoms. The summed E-state index contributed by atoms with van der Waals surface area (Å²) < 4.78 is 30.0. The zero-order chi connectivity index (χ0) is 15.7. The molecule has 4 N–H and O–H groups in total. The van der Waals surface area contributed by atoms with E-state index in [9.17, 15) is 8.42 Å². The number of hydrogen-bond donors (Lipinski definition) is 3. The van der Waals surface area contributed by atoms with Gasteiger partial charge in [0, 0.05) is 13.7 Å². The molecular weight excluding hydrogens is 292 g/mol. The Morgan fingerprint density at radius 2 is 1.90 bits per heavy atom. The van der Waals surface area contributed by atoms with Crippen molar-refractivity contribution in [3.8, 4) is 0 Å². The zero-order valence-electron chi connectivity index (χ0n) is 12.3. The van der Waals surface area contributed by atoms with Crippen LogP contribution in [-0.2, 0) is 27.1 Å². The van der Waals surface area contributed by atoms with E-state index in [0.717, 1.165) is 11.1 Å². The fourth-order valence-corrected chi connectivity index (χ4v) is 2.32. The Bertz CT molecular complexity index is 555. The van der Waals surface area contributed by atoms with Gasteiger partial charge in [0.1, 0.15) is 0 Å². The molecule has 0 unspecified atom stereocenters. The first-order chi connectivity index (χ1) is 9.96. The van der Waals surface area contributed by atoms with Crippen LogP contribution in [0.4, 0.5) is 0 Å². The molecule has 0 aliphatic heterocycles. The highest BCUT2D eigenvalue weighted by atomic mass is 32.2. The molecule has 0 fully saturated rings. The predicted octanol–water partition coefficient (Wildman–Crippen LogP) is -0.213. The van der Waals surface area contributed by atoms with Gasteiger partial charge >= 0.3 is 0 Å². The van der Waals surface area contributed by atoms with Gasteiger partial charge < -0.3 is 15.8 Å². The van der Waals surface area contributed by atoms with Gasteiger partial charge in [0.15, 0.2) is 5.96 Å². The lowest BCUT2D eigenvalue weighted by Gasteiger charge is -2.06. The van der Waals surface area contributed by atoms with Crippen molar-refractivity contribution in [2.75, 3.05) is 27.3 Å². The van der Waals surface area contributed by atoms with Crippen molar-refractivity contribution >= 4 is 16.0 Å². The molecule has 0 aliphatic rings. The Morgan fingerprint density at radius 1 is 1.29 bits per heavy atom. The van der Waals surface area contributed by atoms with Crippen LogP contribution in [0.15, 0.2) is 29.3 Å². The van der Waals surface area contributed by atoms with Gasteiger partial charge in [0.25, 0.3) is 0 Å². The van der Waals surface area contributed by atoms with Crippen LogP contribution in [0.25, 0.3) is 0 Å². The number of nitrogens with zero attached hydrogens (tertiary/aromatic N) is 1. The van der Waals surface area contributed by atoms with Gasteiger partial charge in [-0.25, -0.2) is 18.1 Å². The van der Waals surface area contributed by atoms with E-state index in [2.05, 4.69) is 15.0 Å². The van der Waals surface area contributed by atoms with Gasteiger partial charge in [-0.1, -0.05) is 24.3 Å². The molecule has 0 aliphatic carbocycles. The quantitative estimate of drug-likeness (QED) is 0.350. The summed E-state index contributed by atoms with van der Waals surface area (Å²) in [6.07, 6.45) is 0. The maximum absolute atomic E-state index is 11.4. The summed E-state index contributed by atoms with van der Waals surface area (Å²) in [6.45, 7) is 1.60. The molecule has 21 heavy (non-hydrogen) atoms. The number of rotatable bonds is 8. The molecule has 0 saturated heterocycles. The number of sulfonamides is 1. The van der Waals surface area contributed by atoms with Gasteiger partial charge in [0.05, 0.1) is 18.9 Å². The summed E-state index contributed by atoms with van der Waals surface area (Å²) in [4.78, 5) is 4.18. The number of benzene rings is 1. The van der Waals surface area contributed by atoms with Gasteiger partial charge in [0.2, 0.25) is 10.0 Å². The molecular formula is C13H22N4O3S. The fourth-order valence-electron chi connectivity index (χ4n) is 1.55. The van der Waals surface area contributed by atoms with E-state index >= 15 is 0 Å². The third kappa shape index (κ3) is 7.07. The van der Waals surface area contributed by atoms with Gasteiger partial charge in [-0.2, -0.15) is 0 Å². The second-order valence-electron chi connectivity index (χ2n) is 4.40. The topological polar surface area (TPSA) is 106 Å². The number of aliphatic imine (C=N–C) groups is 1. The molecule has 1 aromatic carbocycles. The van der Waals surface area contributed by atoms with E-state index in [4.69, 9.17) is 10.5 Å². The Morgan fingerprint density at radius 3 is 2.48 bits per heavy atom. The number of ether oxygens (including phenoxy) is 1. The number of hydrogen-bond acceptors (Lipinski definition) is 4. The number of guanidine groups is 1. The predicted molar refractivity (Wildman–Crippen MR) is 83.3 cm³/mol. The summed E-state index contributed by atoms with van der Waals surface area (Å²) in [5, 5.41) is 2.92. The number of nitrogens with one attached hydrogen (secondary N) is 2. The largest absolute Gasteiger partial charge is 0.383 e. The van der Waals surface area contributed by atoms with Gasteiger partial charge in [-0.3, -0.25) is 0 Å². The van der Waals surface area contributed by atoms with Crippen LogP contribution < -0.4 is 15.8 Å². The van der Waals surface area contributed by atoms with Crippen molar-refractivity contribution < 1.29 is 13.2 Å². The molecule has 0 heterocycles. The van der Waals surface area contributed by atoms with E-state index in [1.807, 2.05) is 12.1 Å². The lowest BCUT2D eigenvalue weighted by molar-refractivity contribution is 0.204. The van der Waals surface area contributed by atoms with Crippen LogP contribution in [0.2, 0.25) is 0 Å². The van der Waals surface area contributed by atoms with Crippen molar-refractivity contribution in [3.63, 3.8) is 0 Å². The van der Waals surface area contributed by atoms with Crippen molar-refractivity contribution in [3.05, 3.63) is 35.4 Å². The van der Waals surface area contributed by atoms with E-state index < -0.39 is 10.0 Å². The summed E-state index contributed by atoms with van der Waals surface area (Å²) in [5.74, 6) is 0.321. The Hall–Kier alpha value is -1.64. The average Bonchev–Trinajstić information content (AvgIpc) is 2.46. The fraction of sp³-hybridized carbons (Fsp3) is 0.462. The second-order valence-corrected chi connectivity index (χ2v) is 6.33. The minimum atomic E-state index is -3.24. The highest BCUT2D eigenvalue weighted by molar-refractivity contribution is 7.88. The molecule has 0 saturated carbocycles. The van der Waals surface area contributed by atoms with Crippen LogP contribution in [0.3, 0.4) is 0 Å². The minimum absolute atomic E-state index is 0.0340. The first-order valence-electron chi connectivity index (χ1n) is 6.48. The number of nitrogens with two attached hydrogens (primary N) is 1. The lowest BCUT2D eigenvalue weighted by atomic mass is 10.1. The van der Waals surface area contributed by atoms with Crippen LogP contribution >= 0.6 is 0 Å². The van der Waals surface area contributed by atoms with Crippen LogP contribution in [0.5, 0.6) is 0 Å². The molecule has 1 aromatic rings. The standard InChI is InChI=1S/C13H22N4O3S/c1-15-21(18,19)10-12-5-3-11(4-6-12)9-17-13(14)16-7-8-20-2/h3-6,15H,7-10H2,1-2H3,(H3,14,16,17). The molecule has 8 heteroatoms. The molecule has 0 bridgehead atoms. The third-order valence-electron chi connectivity index (χ3n) is 2.73. The van der Waals surface area contributed by atoms with E-state index in [-0.39, 0.29) is 5.75 Å². The molecule has 118 valence electrons. The zero-order valence-corrected chi connectivity index (χ0v) is 13.1. The van der Waals surface area contributed by atoms with Crippen LogP contribution in [0.1, 0.15) is 11.1 Å². The molecule has 0 amide bonds. The SMILES string of the molecule is CNS(=O)(=O)Cc1ccc(CN=C(N)NCCOC)cc1. The molecule has 0 atom stereocenters. The summed E-state index contributed by atoms with van der Waals surface area (Å²) in [7, 11) is -0.227. The highest BCUT2D eigenvalue weighted by Crippen LogP contribution is 2.08. The molecule has 0 radical (unpaired) electrons. The molecule has 0 aromatic heterocycles. The molecule has 1 rings (SSSR count). The van der Waals surface area contributed by atoms with Crippen molar-refractivity contribution in [1.29, 1.82) is 0 Å². The van der Waals surface area contributed by atoms with E-state index in [1.165, 1.54) is 7.05 Å². The summed E-state index contributed by atoms with van der Waals surface area (Å²) in [5.41, 5.74) is 7.37. The first kappa shape index (κ1) is 17.4. The van der Waals surface area contributed by atoms with Crippen molar-refractivity contribution in [2.24, 2.45) is 10.7 Å². The van der Waals surface area contributed by atoms with E-state index in [0.29, 0.717) is 25.7 Å². The highest BCUT2D eigenvalue weighted by Gasteiger charge is 2.07. The smallest absolute Gasteiger partial charge is 0.215 e. The van der Waals surface area contributed by atoms with Gasteiger partial charge in [-0.15, -0.1) is 0 Å². The average molecular weight is 314 g/mol. The number of methoxy groups -OCH3 is 1. The van der Waals surface area contributed by atoms with Crippen LogP contribution in [0, 0.1) is 0 Å². The third-order valence-corrected chi connectivity index (χ3v) is 4.07. The maximum atomic E-state index is 11.4. The van der Waals surface area contributed by atoms with E-state index in [1.54, 1.807) is 19.2 Å². The molecule has 7 nitrogen and oxygen atoms in total. The maximum Gasteiger partial charge on any atom is 0.215 e. The Kier molecular flexibility index (Phi) is 7.13. The van der Waals surface area contributed by atoms with Crippen molar-refractivity contribution in [1.82, 2.24) is 10.0 Å².